The molecule has 0 radical (unpaired) electrons. The lowest BCUT2D eigenvalue weighted by atomic mass is 10.2. The van der Waals surface area contributed by atoms with Crippen molar-refractivity contribution >= 4 is 17.3 Å². The number of carbonyl (C=O) groups is 1. The summed E-state index contributed by atoms with van der Waals surface area (Å²) in [5, 5.41) is 20.1. The highest BCUT2D eigenvalue weighted by Crippen LogP contribution is 2.24. The Hall–Kier alpha value is -2.79. The molecule has 1 N–H and O–H groups in total. The van der Waals surface area contributed by atoms with E-state index < -0.39 is 0 Å². The molecule has 94 valence electrons. The van der Waals surface area contributed by atoms with Crippen molar-refractivity contribution in [1.82, 2.24) is 0 Å². The lowest BCUT2D eigenvalue weighted by molar-refractivity contribution is -0.117. The summed E-state index contributed by atoms with van der Waals surface area (Å²) in [4.78, 5) is 13.4. The zero-order chi connectivity index (χ0) is 13.7. The lowest BCUT2D eigenvalue weighted by Gasteiger charge is -2.16. The summed E-state index contributed by atoms with van der Waals surface area (Å²) in [6.07, 6.45) is 2.82. The van der Waals surface area contributed by atoms with Gasteiger partial charge in [-0.05, 0) is 24.6 Å². The average molecular weight is 252 g/mol. The Morgan fingerprint density at radius 3 is 2.79 bits per heavy atom. The van der Waals surface area contributed by atoms with E-state index in [1.54, 1.807) is 17.0 Å². The van der Waals surface area contributed by atoms with E-state index in [1.807, 2.05) is 24.3 Å². The third-order valence-electron chi connectivity index (χ3n) is 2.86. The second kappa shape index (κ2) is 5.70. The lowest BCUT2D eigenvalue weighted by Crippen LogP contribution is -2.23. The van der Waals surface area contributed by atoms with Crippen LogP contribution in [0.2, 0.25) is 0 Å². The molecule has 1 saturated heterocycles. The molecular weight excluding hydrogens is 240 g/mol. The minimum atomic E-state index is 0.00246. The number of hydrogen-bond acceptors (Lipinski definition) is 4. The van der Waals surface area contributed by atoms with Gasteiger partial charge in [0.1, 0.15) is 17.7 Å². The monoisotopic (exact) mass is 252 g/mol. The van der Waals surface area contributed by atoms with Crippen molar-refractivity contribution in [1.29, 1.82) is 10.5 Å². The van der Waals surface area contributed by atoms with Gasteiger partial charge in [-0.3, -0.25) is 4.79 Å². The number of nitrogens with zero attached hydrogens (tertiary/aromatic N) is 3. The molecule has 2 rings (SSSR count). The van der Waals surface area contributed by atoms with Crippen LogP contribution in [0.5, 0.6) is 0 Å². The van der Waals surface area contributed by atoms with Crippen molar-refractivity contribution in [3.05, 3.63) is 36.0 Å². The molecule has 0 bridgehead atoms. The van der Waals surface area contributed by atoms with E-state index in [0.717, 1.165) is 24.3 Å². The van der Waals surface area contributed by atoms with Crippen molar-refractivity contribution in [3.63, 3.8) is 0 Å². The van der Waals surface area contributed by atoms with Crippen LogP contribution in [0.15, 0.2) is 36.0 Å². The summed E-state index contributed by atoms with van der Waals surface area (Å²) in [5.74, 6) is 0.127. The number of nitriles is 2. The van der Waals surface area contributed by atoms with Gasteiger partial charge in [0.25, 0.3) is 0 Å². The Bertz CT molecular complexity index is 591. The van der Waals surface area contributed by atoms with Crippen molar-refractivity contribution in [3.8, 4) is 12.1 Å². The predicted octanol–water partition coefficient (Wildman–Crippen LogP) is 2.16. The number of allylic oxidation sites excluding steroid dienone is 1. The first-order valence-electron chi connectivity index (χ1n) is 5.92. The Balaban J connectivity index is 2.17. The number of benzene rings is 1. The third kappa shape index (κ3) is 2.91. The normalized spacial score (nSPS) is 13.6. The molecule has 0 saturated carbocycles. The average Bonchev–Trinajstić information content (AvgIpc) is 2.86. The van der Waals surface area contributed by atoms with E-state index in [2.05, 4.69) is 5.32 Å². The fourth-order valence-corrected chi connectivity index (χ4v) is 1.93. The molecule has 5 nitrogen and oxygen atoms in total. The molecule has 1 aliphatic rings. The number of carbonyl (C=O) groups excluding carboxylic acids is 1. The van der Waals surface area contributed by atoms with Crippen LogP contribution in [0.4, 0.5) is 11.4 Å². The maximum absolute atomic E-state index is 11.7. The van der Waals surface area contributed by atoms with E-state index in [4.69, 9.17) is 10.5 Å². The Kier molecular flexibility index (Phi) is 3.80. The van der Waals surface area contributed by atoms with E-state index >= 15 is 0 Å². The van der Waals surface area contributed by atoms with Crippen LogP contribution in [-0.4, -0.2) is 12.5 Å². The highest BCUT2D eigenvalue weighted by atomic mass is 16.2. The molecule has 1 amide bonds. The highest BCUT2D eigenvalue weighted by molar-refractivity contribution is 5.95. The largest absolute Gasteiger partial charge is 0.360 e. The second-order valence-electron chi connectivity index (χ2n) is 4.13. The van der Waals surface area contributed by atoms with Crippen LogP contribution in [0.3, 0.4) is 0 Å². The van der Waals surface area contributed by atoms with Gasteiger partial charge in [-0.15, -0.1) is 0 Å². The van der Waals surface area contributed by atoms with Crippen LogP contribution in [0.25, 0.3) is 0 Å². The molecule has 1 heterocycles. The molecular formula is C14H12N4O. The van der Waals surface area contributed by atoms with Gasteiger partial charge in [0.05, 0.1) is 0 Å². The molecule has 0 aromatic heterocycles. The van der Waals surface area contributed by atoms with E-state index in [0.29, 0.717) is 6.42 Å². The van der Waals surface area contributed by atoms with Crippen LogP contribution in [0.1, 0.15) is 12.8 Å². The van der Waals surface area contributed by atoms with Crippen molar-refractivity contribution in [2.24, 2.45) is 0 Å². The topological polar surface area (TPSA) is 79.9 Å². The summed E-state index contributed by atoms with van der Waals surface area (Å²) in [6, 6.07) is 10.9. The SMILES string of the molecule is N#CC(C#N)=CNc1cccc(N2CCCC2=O)c1. The van der Waals surface area contributed by atoms with Gasteiger partial charge in [-0.1, -0.05) is 6.07 Å². The van der Waals surface area contributed by atoms with Gasteiger partial charge >= 0.3 is 0 Å². The highest BCUT2D eigenvalue weighted by Gasteiger charge is 2.21. The number of amides is 1. The standard InChI is InChI=1S/C14H12N4O/c15-8-11(9-16)10-17-12-3-1-4-13(7-12)18-6-2-5-14(18)19/h1,3-4,7,10,17H,2,5-6H2. The van der Waals surface area contributed by atoms with Crippen LogP contribution < -0.4 is 10.2 Å². The van der Waals surface area contributed by atoms with Gasteiger partial charge in [-0.25, -0.2) is 0 Å². The predicted molar refractivity (Wildman–Crippen MR) is 71.0 cm³/mol. The first kappa shape index (κ1) is 12.7. The molecule has 0 aliphatic carbocycles. The summed E-state index contributed by atoms with van der Waals surface area (Å²) < 4.78 is 0. The molecule has 0 atom stereocenters. The molecule has 5 heteroatoms. The van der Waals surface area contributed by atoms with Gasteiger partial charge < -0.3 is 10.2 Å². The summed E-state index contributed by atoms with van der Waals surface area (Å²) in [7, 11) is 0. The second-order valence-corrected chi connectivity index (χ2v) is 4.13. The fourth-order valence-electron chi connectivity index (χ4n) is 1.93. The Morgan fingerprint density at radius 2 is 2.16 bits per heavy atom. The van der Waals surface area contributed by atoms with E-state index in [-0.39, 0.29) is 11.5 Å². The Morgan fingerprint density at radius 1 is 1.37 bits per heavy atom. The number of nitrogens with one attached hydrogen (secondary N) is 1. The minimum absolute atomic E-state index is 0.00246. The summed E-state index contributed by atoms with van der Waals surface area (Å²) >= 11 is 0. The molecule has 1 aromatic rings. The number of anilines is 2. The molecule has 19 heavy (non-hydrogen) atoms. The van der Waals surface area contributed by atoms with E-state index in [1.165, 1.54) is 6.20 Å². The third-order valence-corrected chi connectivity index (χ3v) is 2.86. The van der Waals surface area contributed by atoms with Crippen LogP contribution in [0, 0.1) is 22.7 Å². The number of hydrogen-bond donors (Lipinski definition) is 1. The maximum Gasteiger partial charge on any atom is 0.227 e. The van der Waals surface area contributed by atoms with Crippen molar-refractivity contribution in [2.45, 2.75) is 12.8 Å². The zero-order valence-corrected chi connectivity index (χ0v) is 10.3. The van der Waals surface area contributed by atoms with Crippen LogP contribution in [-0.2, 0) is 4.79 Å². The van der Waals surface area contributed by atoms with Gasteiger partial charge in [-0.2, -0.15) is 10.5 Å². The molecule has 1 fully saturated rings. The Labute approximate surface area is 111 Å². The van der Waals surface area contributed by atoms with Gasteiger partial charge in [0.2, 0.25) is 5.91 Å². The smallest absolute Gasteiger partial charge is 0.227 e. The van der Waals surface area contributed by atoms with Gasteiger partial charge in [0.15, 0.2) is 0 Å². The maximum atomic E-state index is 11.7. The molecule has 0 unspecified atom stereocenters. The van der Waals surface area contributed by atoms with Crippen molar-refractivity contribution in [2.75, 3.05) is 16.8 Å². The molecule has 1 aliphatic heterocycles. The van der Waals surface area contributed by atoms with E-state index in [9.17, 15) is 4.79 Å². The fraction of sp³-hybridized carbons (Fsp3) is 0.214. The molecule has 1 aromatic carbocycles. The summed E-state index contributed by atoms with van der Waals surface area (Å²) in [5.41, 5.74) is 1.57. The zero-order valence-electron chi connectivity index (χ0n) is 10.3. The number of rotatable bonds is 3. The minimum Gasteiger partial charge on any atom is -0.360 e. The quantitative estimate of drug-likeness (QED) is 0.836. The summed E-state index contributed by atoms with van der Waals surface area (Å²) in [6.45, 7) is 0.736. The van der Waals surface area contributed by atoms with Crippen LogP contribution >= 0.6 is 0 Å². The van der Waals surface area contributed by atoms with Gasteiger partial charge in [0, 0.05) is 30.5 Å². The molecule has 0 spiro atoms. The van der Waals surface area contributed by atoms with Crippen molar-refractivity contribution < 1.29 is 4.79 Å². The first-order chi connectivity index (χ1) is 9.24. The first-order valence-corrected chi connectivity index (χ1v) is 5.92.